The highest BCUT2D eigenvalue weighted by molar-refractivity contribution is 7.99. The number of rotatable bonds is 7. The van der Waals surface area contributed by atoms with Gasteiger partial charge in [0.1, 0.15) is 6.61 Å². The van der Waals surface area contributed by atoms with E-state index in [1.54, 1.807) is 18.2 Å². The number of benzene rings is 3. The predicted molar refractivity (Wildman–Crippen MR) is 118 cm³/mol. The lowest BCUT2D eigenvalue weighted by Crippen LogP contribution is -2.04. The van der Waals surface area contributed by atoms with E-state index in [-0.39, 0.29) is 22.1 Å². The summed E-state index contributed by atoms with van der Waals surface area (Å²) in [5.74, 6) is 0. The molecule has 3 aromatic carbocycles. The van der Waals surface area contributed by atoms with Crippen LogP contribution >= 0.6 is 35.0 Å². The lowest BCUT2D eigenvalue weighted by atomic mass is 10.2. The van der Waals surface area contributed by atoms with E-state index in [2.05, 4.69) is 5.16 Å². The highest BCUT2D eigenvalue weighted by Gasteiger charge is 2.30. The van der Waals surface area contributed by atoms with Gasteiger partial charge < -0.3 is 4.84 Å². The monoisotopic (exact) mass is 500 g/mol. The summed E-state index contributed by atoms with van der Waals surface area (Å²) >= 11 is 13.0. The van der Waals surface area contributed by atoms with Gasteiger partial charge in [0.2, 0.25) is 0 Å². The molecule has 3 rings (SSSR count). The summed E-state index contributed by atoms with van der Waals surface area (Å²) in [5, 5.41) is 16.1. The molecule has 0 aliphatic rings. The van der Waals surface area contributed by atoms with Crippen LogP contribution in [0.25, 0.3) is 0 Å². The van der Waals surface area contributed by atoms with Crippen molar-refractivity contribution in [1.82, 2.24) is 0 Å². The summed E-state index contributed by atoms with van der Waals surface area (Å²) in [4.78, 5) is 16.5. The molecule has 0 aromatic heterocycles. The number of nitro benzene ring substituents is 1. The van der Waals surface area contributed by atoms with E-state index in [4.69, 9.17) is 28.0 Å². The maximum atomic E-state index is 12.9. The van der Waals surface area contributed by atoms with Gasteiger partial charge in [0.05, 0.1) is 21.6 Å². The Balaban J connectivity index is 1.75. The second-order valence-electron chi connectivity index (χ2n) is 6.32. The van der Waals surface area contributed by atoms with Gasteiger partial charge in [-0.3, -0.25) is 10.1 Å². The number of hydrogen-bond acceptors (Lipinski definition) is 5. The molecule has 0 heterocycles. The van der Waals surface area contributed by atoms with Crippen LogP contribution in [0.1, 0.15) is 16.7 Å². The van der Waals surface area contributed by atoms with E-state index >= 15 is 0 Å². The summed E-state index contributed by atoms with van der Waals surface area (Å²) in [6.45, 7) is 0.000577. The fourth-order valence-electron chi connectivity index (χ4n) is 2.58. The predicted octanol–water partition coefficient (Wildman–Crippen LogP) is 7.62. The molecule has 0 radical (unpaired) electrons. The number of nitro groups is 1. The molecular formula is C21H13Cl2F3N2O3S. The van der Waals surface area contributed by atoms with Gasteiger partial charge in [0, 0.05) is 32.1 Å². The van der Waals surface area contributed by atoms with Crippen molar-refractivity contribution in [2.75, 3.05) is 0 Å². The molecule has 0 amide bonds. The van der Waals surface area contributed by atoms with Crippen molar-refractivity contribution in [2.45, 2.75) is 22.6 Å². The molecule has 0 bridgehead atoms. The number of oxime groups is 1. The molecule has 0 aliphatic carbocycles. The Bertz CT molecular complexity index is 1150. The summed E-state index contributed by atoms with van der Waals surface area (Å²) < 4.78 is 38.7. The Morgan fingerprint density at radius 1 is 1.06 bits per heavy atom. The van der Waals surface area contributed by atoms with Crippen LogP contribution in [0.5, 0.6) is 0 Å². The number of nitrogens with zero attached hydrogens (tertiary/aromatic N) is 2. The minimum atomic E-state index is -4.50. The third-order valence-corrected chi connectivity index (χ3v) is 5.88. The maximum absolute atomic E-state index is 12.9. The number of alkyl halides is 3. The van der Waals surface area contributed by atoms with Crippen molar-refractivity contribution < 1.29 is 22.9 Å². The average molecular weight is 501 g/mol. The lowest BCUT2D eigenvalue weighted by molar-refractivity contribution is -0.387. The SMILES string of the molecule is O=[N+]([O-])c1cc(C=NOCc2c(Cl)cccc2Cl)ccc1Sc1cccc(C(F)(F)F)c1. The topological polar surface area (TPSA) is 64.7 Å². The molecule has 0 atom stereocenters. The molecule has 0 spiro atoms. The van der Waals surface area contributed by atoms with Crippen LogP contribution in [-0.4, -0.2) is 11.1 Å². The van der Waals surface area contributed by atoms with Gasteiger partial charge in [-0.25, -0.2) is 0 Å². The maximum Gasteiger partial charge on any atom is 0.416 e. The van der Waals surface area contributed by atoms with Crippen LogP contribution in [0.15, 0.2) is 75.6 Å². The second kappa shape index (κ2) is 10.2. The van der Waals surface area contributed by atoms with Crippen LogP contribution in [-0.2, 0) is 17.6 Å². The minimum Gasteiger partial charge on any atom is -0.391 e. The zero-order valence-electron chi connectivity index (χ0n) is 16.0. The summed E-state index contributed by atoms with van der Waals surface area (Å²) in [5.41, 5.74) is -0.183. The molecule has 0 unspecified atom stereocenters. The van der Waals surface area contributed by atoms with E-state index in [9.17, 15) is 23.3 Å². The van der Waals surface area contributed by atoms with Gasteiger partial charge in [-0.15, -0.1) is 0 Å². The van der Waals surface area contributed by atoms with E-state index in [0.717, 1.165) is 23.9 Å². The van der Waals surface area contributed by atoms with Gasteiger partial charge in [-0.2, -0.15) is 13.2 Å². The normalized spacial score (nSPS) is 11.7. The van der Waals surface area contributed by atoms with E-state index in [1.165, 1.54) is 36.5 Å². The molecule has 5 nitrogen and oxygen atoms in total. The van der Waals surface area contributed by atoms with E-state index in [0.29, 0.717) is 21.2 Å². The first-order valence-electron chi connectivity index (χ1n) is 8.87. The minimum absolute atomic E-state index is 0.000577. The Morgan fingerprint density at radius 2 is 1.75 bits per heavy atom. The highest BCUT2D eigenvalue weighted by atomic mass is 35.5. The van der Waals surface area contributed by atoms with Crippen molar-refractivity contribution in [2.24, 2.45) is 5.16 Å². The molecule has 0 fully saturated rings. The lowest BCUT2D eigenvalue weighted by Gasteiger charge is -2.09. The van der Waals surface area contributed by atoms with Crippen LogP contribution in [0, 0.1) is 10.1 Å². The largest absolute Gasteiger partial charge is 0.416 e. The van der Waals surface area contributed by atoms with Gasteiger partial charge in [0.25, 0.3) is 5.69 Å². The van der Waals surface area contributed by atoms with Crippen molar-refractivity contribution in [3.63, 3.8) is 0 Å². The summed E-state index contributed by atoms with van der Waals surface area (Å²) in [6, 6.07) is 13.8. The number of hydrogen-bond donors (Lipinski definition) is 0. The van der Waals surface area contributed by atoms with Crippen LogP contribution in [0.2, 0.25) is 10.0 Å². The third kappa shape index (κ3) is 6.15. The van der Waals surface area contributed by atoms with Crippen molar-refractivity contribution in [3.05, 3.63) is 97.5 Å². The summed E-state index contributed by atoms with van der Waals surface area (Å²) in [6.07, 6.45) is -3.23. The van der Waals surface area contributed by atoms with E-state index in [1.807, 2.05) is 0 Å². The number of halogens is 5. The molecule has 11 heteroatoms. The Morgan fingerprint density at radius 3 is 2.41 bits per heavy atom. The van der Waals surface area contributed by atoms with Crippen LogP contribution in [0.4, 0.5) is 18.9 Å². The van der Waals surface area contributed by atoms with Crippen LogP contribution < -0.4 is 0 Å². The average Bonchev–Trinajstić information content (AvgIpc) is 2.73. The molecular weight excluding hydrogens is 488 g/mol. The molecule has 32 heavy (non-hydrogen) atoms. The highest BCUT2D eigenvalue weighted by Crippen LogP contribution is 2.38. The van der Waals surface area contributed by atoms with Crippen molar-refractivity contribution >= 4 is 46.9 Å². The van der Waals surface area contributed by atoms with Crippen LogP contribution in [0.3, 0.4) is 0 Å². The van der Waals surface area contributed by atoms with Gasteiger partial charge in [0.15, 0.2) is 0 Å². The Kier molecular flexibility index (Phi) is 7.65. The van der Waals surface area contributed by atoms with Crippen molar-refractivity contribution in [3.8, 4) is 0 Å². The molecule has 0 saturated carbocycles. The van der Waals surface area contributed by atoms with E-state index < -0.39 is 16.7 Å². The van der Waals surface area contributed by atoms with Gasteiger partial charge in [-0.05, 0) is 36.4 Å². The Hall–Kier alpha value is -2.75. The second-order valence-corrected chi connectivity index (χ2v) is 8.25. The van der Waals surface area contributed by atoms with Gasteiger partial charge in [-0.1, -0.05) is 58.3 Å². The third-order valence-electron chi connectivity index (χ3n) is 4.12. The first-order valence-corrected chi connectivity index (χ1v) is 10.4. The molecule has 0 saturated heterocycles. The standard InChI is InChI=1S/C21H13Cl2F3N2O3S/c22-17-5-2-6-18(23)16(17)12-31-27-11-13-7-8-20(19(9-13)28(29)30)32-15-4-1-3-14(10-15)21(24,25)26/h1-11H,12H2. The first-order chi connectivity index (χ1) is 15.1. The smallest absolute Gasteiger partial charge is 0.391 e. The molecule has 166 valence electrons. The summed E-state index contributed by atoms with van der Waals surface area (Å²) in [7, 11) is 0. The fraction of sp³-hybridized carbons (Fsp3) is 0.0952. The fourth-order valence-corrected chi connectivity index (χ4v) is 4.04. The molecule has 0 N–H and O–H groups in total. The first kappa shape index (κ1) is 23.9. The zero-order valence-corrected chi connectivity index (χ0v) is 18.3. The zero-order chi connectivity index (χ0) is 23.3. The quantitative estimate of drug-likeness (QED) is 0.190. The molecule has 3 aromatic rings. The molecule has 0 aliphatic heterocycles. The van der Waals surface area contributed by atoms with Crippen molar-refractivity contribution in [1.29, 1.82) is 0 Å². The Labute approximate surface area is 194 Å². The van der Waals surface area contributed by atoms with Gasteiger partial charge >= 0.3 is 6.18 Å².